The zero-order valence-electron chi connectivity index (χ0n) is 14.8. The summed E-state index contributed by atoms with van der Waals surface area (Å²) in [7, 11) is 1.84. The number of pyridine rings is 1. The SMILES string of the molecule is Cc1cc(C(=O)N(Cc2cccnc2)C[C@H]2C[C@@H]3C=C[C@H]2C3)n(C)n1. The van der Waals surface area contributed by atoms with Crippen LogP contribution in [0, 0.1) is 24.7 Å². The highest BCUT2D eigenvalue weighted by atomic mass is 16.2. The van der Waals surface area contributed by atoms with Gasteiger partial charge >= 0.3 is 0 Å². The summed E-state index contributed by atoms with van der Waals surface area (Å²) in [6.45, 7) is 3.31. The van der Waals surface area contributed by atoms with Crippen LogP contribution in [0.2, 0.25) is 0 Å². The van der Waals surface area contributed by atoms with Gasteiger partial charge in [-0.1, -0.05) is 18.2 Å². The fourth-order valence-corrected chi connectivity index (χ4v) is 4.29. The lowest BCUT2D eigenvalue weighted by Crippen LogP contribution is -2.37. The Kier molecular flexibility index (Phi) is 4.15. The Morgan fingerprint density at radius 2 is 2.24 bits per heavy atom. The quantitative estimate of drug-likeness (QED) is 0.789. The molecule has 1 fully saturated rings. The van der Waals surface area contributed by atoms with Crippen LogP contribution in [0.25, 0.3) is 0 Å². The molecule has 5 heteroatoms. The summed E-state index contributed by atoms with van der Waals surface area (Å²) < 4.78 is 1.69. The maximum Gasteiger partial charge on any atom is 0.272 e. The van der Waals surface area contributed by atoms with Crippen LogP contribution in [0.1, 0.15) is 34.6 Å². The summed E-state index contributed by atoms with van der Waals surface area (Å²) in [6, 6.07) is 5.83. The molecule has 2 aromatic heterocycles. The van der Waals surface area contributed by atoms with Crippen LogP contribution in [0.3, 0.4) is 0 Å². The average Bonchev–Trinajstić information content (AvgIpc) is 3.30. The molecule has 2 heterocycles. The number of carbonyl (C=O) groups excluding carboxylic acids is 1. The third-order valence-corrected chi connectivity index (χ3v) is 5.48. The van der Waals surface area contributed by atoms with E-state index in [1.165, 1.54) is 12.8 Å². The molecule has 2 aromatic rings. The van der Waals surface area contributed by atoms with E-state index in [2.05, 4.69) is 22.2 Å². The number of nitrogens with zero attached hydrogens (tertiary/aromatic N) is 4. The topological polar surface area (TPSA) is 51.0 Å². The zero-order valence-corrected chi connectivity index (χ0v) is 14.8. The standard InChI is InChI=1S/C20H24N4O/c1-14-8-19(23(2)22-14)20(25)24(12-16-4-3-7-21-11-16)13-18-10-15-5-6-17(18)9-15/h3-8,11,15,17-18H,9-10,12-13H2,1-2H3/t15-,17+,18-/m1/s1. The second-order valence-electron chi connectivity index (χ2n) is 7.38. The van der Waals surface area contributed by atoms with Gasteiger partial charge in [0, 0.05) is 32.5 Å². The van der Waals surface area contributed by atoms with Gasteiger partial charge in [0.15, 0.2) is 0 Å². The lowest BCUT2D eigenvalue weighted by Gasteiger charge is -2.28. The average molecular weight is 336 g/mol. The first kappa shape index (κ1) is 16.1. The summed E-state index contributed by atoms with van der Waals surface area (Å²) >= 11 is 0. The van der Waals surface area contributed by atoms with Gasteiger partial charge in [-0.25, -0.2) is 0 Å². The Morgan fingerprint density at radius 1 is 1.36 bits per heavy atom. The molecular formula is C20H24N4O. The molecule has 5 nitrogen and oxygen atoms in total. The molecule has 25 heavy (non-hydrogen) atoms. The fourth-order valence-electron chi connectivity index (χ4n) is 4.29. The Labute approximate surface area is 148 Å². The van der Waals surface area contributed by atoms with E-state index in [0.717, 1.165) is 17.8 Å². The van der Waals surface area contributed by atoms with E-state index in [4.69, 9.17) is 0 Å². The van der Waals surface area contributed by atoms with Gasteiger partial charge in [-0.15, -0.1) is 0 Å². The van der Waals surface area contributed by atoms with Crippen LogP contribution in [0.5, 0.6) is 0 Å². The van der Waals surface area contributed by atoms with Gasteiger partial charge in [0.1, 0.15) is 5.69 Å². The molecule has 0 aliphatic heterocycles. The maximum atomic E-state index is 13.2. The fraction of sp³-hybridized carbons (Fsp3) is 0.450. The second-order valence-corrected chi connectivity index (χ2v) is 7.38. The van der Waals surface area contributed by atoms with Crippen LogP contribution in [-0.2, 0) is 13.6 Å². The van der Waals surface area contributed by atoms with E-state index in [1.807, 2.05) is 43.3 Å². The predicted octanol–water partition coefficient (Wildman–Crippen LogP) is 2.98. The summed E-state index contributed by atoms with van der Waals surface area (Å²) in [4.78, 5) is 19.4. The number of amides is 1. The number of aromatic nitrogens is 3. The van der Waals surface area contributed by atoms with Crippen molar-refractivity contribution in [3.8, 4) is 0 Å². The monoisotopic (exact) mass is 336 g/mol. The van der Waals surface area contributed by atoms with E-state index in [9.17, 15) is 4.79 Å². The van der Waals surface area contributed by atoms with Gasteiger partial charge in [0.05, 0.1) is 5.69 Å². The third kappa shape index (κ3) is 3.23. The van der Waals surface area contributed by atoms with Gasteiger partial charge in [-0.2, -0.15) is 5.10 Å². The Hall–Kier alpha value is -2.43. The summed E-state index contributed by atoms with van der Waals surface area (Å²) in [6.07, 6.45) is 10.8. The summed E-state index contributed by atoms with van der Waals surface area (Å²) in [5.41, 5.74) is 2.59. The van der Waals surface area contributed by atoms with Crippen molar-refractivity contribution in [3.05, 3.63) is 59.7 Å². The molecule has 0 spiro atoms. The number of fused-ring (bicyclic) bond motifs is 2. The van der Waals surface area contributed by atoms with Crippen LogP contribution in [0.15, 0.2) is 42.7 Å². The van der Waals surface area contributed by atoms with Gasteiger partial charge in [-0.3, -0.25) is 14.5 Å². The molecule has 2 aliphatic carbocycles. The van der Waals surface area contributed by atoms with E-state index in [0.29, 0.717) is 30.0 Å². The first-order valence-electron chi connectivity index (χ1n) is 8.97. The molecular weight excluding hydrogens is 312 g/mol. The Morgan fingerprint density at radius 3 is 2.84 bits per heavy atom. The number of rotatable bonds is 5. The van der Waals surface area contributed by atoms with Crippen molar-refractivity contribution in [2.45, 2.75) is 26.3 Å². The molecule has 0 unspecified atom stereocenters. The number of carbonyl (C=O) groups is 1. The third-order valence-electron chi connectivity index (χ3n) is 5.48. The van der Waals surface area contributed by atoms with E-state index in [1.54, 1.807) is 10.9 Å². The lowest BCUT2D eigenvalue weighted by atomic mass is 9.93. The molecule has 0 radical (unpaired) electrons. The molecule has 0 saturated heterocycles. The molecule has 130 valence electrons. The summed E-state index contributed by atoms with van der Waals surface area (Å²) in [5, 5.41) is 4.34. The van der Waals surface area contributed by atoms with Crippen LogP contribution in [-0.4, -0.2) is 32.1 Å². The minimum Gasteiger partial charge on any atom is -0.333 e. The predicted molar refractivity (Wildman–Crippen MR) is 95.8 cm³/mol. The van der Waals surface area contributed by atoms with Gasteiger partial charge in [-0.05, 0) is 55.2 Å². The van der Waals surface area contributed by atoms with E-state index in [-0.39, 0.29) is 5.91 Å². The van der Waals surface area contributed by atoms with Crippen LogP contribution < -0.4 is 0 Å². The number of aryl methyl sites for hydroxylation is 2. The second kappa shape index (κ2) is 6.47. The normalized spacial score (nSPS) is 24.0. The lowest BCUT2D eigenvalue weighted by molar-refractivity contribution is 0.0693. The minimum absolute atomic E-state index is 0.0544. The first-order valence-corrected chi connectivity index (χ1v) is 8.97. The van der Waals surface area contributed by atoms with Crippen molar-refractivity contribution < 1.29 is 4.79 Å². The Bertz CT molecular complexity index is 795. The molecule has 0 aromatic carbocycles. The molecule has 0 N–H and O–H groups in total. The van der Waals surface area contributed by atoms with Crippen molar-refractivity contribution >= 4 is 5.91 Å². The molecule has 2 bridgehead atoms. The number of hydrogen-bond acceptors (Lipinski definition) is 3. The van der Waals surface area contributed by atoms with E-state index < -0.39 is 0 Å². The summed E-state index contributed by atoms with van der Waals surface area (Å²) in [5.74, 6) is 1.95. The van der Waals surface area contributed by atoms with Gasteiger partial charge in [0.2, 0.25) is 0 Å². The van der Waals surface area contributed by atoms with Crippen molar-refractivity contribution in [2.75, 3.05) is 6.54 Å². The molecule has 3 atom stereocenters. The smallest absolute Gasteiger partial charge is 0.272 e. The minimum atomic E-state index is 0.0544. The van der Waals surface area contributed by atoms with Crippen LogP contribution in [0.4, 0.5) is 0 Å². The molecule has 1 amide bonds. The Balaban J connectivity index is 1.57. The number of allylic oxidation sites excluding steroid dienone is 2. The van der Waals surface area contributed by atoms with Crippen LogP contribution >= 0.6 is 0 Å². The largest absolute Gasteiger partial charge is 0.333 e. The first-order chi connectivity index (χ1) is 12.1. The van der Waals surface area contributed by atoms with Crippen molar-refractivity contribution in [1.82, 2.24) is 19.7 Å². The highest BCUT2D eigenvalue weighted by Crippen LogP contribution is 2.43. The molecule has 1 saturated carbocycles. The zero-order chi connectivity index (χ0) is 17.4. The molecule has 2 aliphatic rings. The van der Waals surface area contributed by atoms with Crippen molar-refractivity contribution in [1.29, 1.82) is 0 Å². The van der Waals surface area contributed by atoms with Gasteiger partial charge < -0.3 is 4.90 Å². The number of hydrogen-bond donors (Lipinski definition) is 0. The molecule has 4 rings (SSSR count). The van der Waals surface area contributed by atoms with Crippen molar-refractivity contribution in [3.63, 3.8) is 0 Å². The van der Waals surface area contributed by atoms with Crippen molar-refractivity contribution in [2.24, 2.45) is 24.8 Å². The highest BCUT2D eigenvalue weighted by Gasteiger charge is 2.37. The maximum absolute atomic E-state index is 13.2. The van der Waals surface area contributed by atoms with Gasteiger partial charge in [0.25, 0.3) is 5.91 Å². The highest BCUT2D eigenvalue weighted by molar-refractivity contribution is 5.92. The van der Waals surface area contributed by atoms with E-state index >= 15 is 0 Å².